The average Bonchev–Trinajstić information content (AvgIpc) is 3.07. The van der Waals surface area contributed by atoms with Crippen LogP contribution in [0.5, 0.6) is 0 Å². The normalized spacial score (nSPS) is 22.0. The Bertz CT molecular complexity index is 651. The highest BCUT2D eigenvalue weighted by atomic mass is 16.2. The Kier molecular flexibility index (Phi) is 3.33. The molecule has 2 amide bonds. The van der Waals surface area contributed by atoms with E-state index in [1.54, 1.807) is 12.4 Å². The molecule has 2 aromatic rings. The van der Waals surface area contributed by atoms with Crippen molar-refractivity contribution in [1.82, 2.24) is 14.9 Å². The highest BCUT2D eigenvalue weighted by Gasteiger charge is 2.48. The molecule has 1 saturated heterocycles. The number of rotatable bonds is 4. The van der Waals surface area contributed by atoms with Crippen LogP contribution in [-0.4, -0.2) is 33.2 Å². The van der Waals surface area contributed by atoms with Crippen LogP contribution in [0.1, 0.15) is 24.7 Å². The lowest BCUT2D eigenvalue weighted by molar-refractivity contribution is -0.139. The van der Waals surface area contributed by atoms with Gasteiger partial charge in [0.1, 0.15) is 5.82 Å². The molecule has 1 N–H and O–H groups in total. The van der Waals surface area contributed by atoms with Crippen LogP contribution in [-0.2, 0) is 21.4 Å². The van der Waals surface area contributed by atoms with Crippen molar-refractivity contribution in [3.8, 4) is 0 Å². The van der Waals surface area contributed by atoms with E-state index in [1.165, 1.54) is 4.90 Å². The molecule has 1 fully saturated rings. The van der Waals surface area contributed by atoms with Gasteiger partial charge in [-0.3, -0.25) is 14.5 Å². The first-order valence-electron chi connectivity index (χ1n) is 7.00. The van der Waals surface area contributed by atoms with Crippen LogP contribution in [0.3, 0.4) is 0 Å². The molecule has 0 radical (unpaired) electrons. The second-order valence-electron chi connectivity index (χ2n) is 5.51. The lowest BCUT2D eigenvalue weighted by Crippen LogP contribution is -2.37. The Labute approximate surface area is 123 Å². The summed E-state index contributed by atoms with van der Waals surface area (Å²) in [5.41, 5.74) is 0.144. The highest BCUT2D eigenvalue weighted by molar-refractivity contribution is 6.08. The van der Waals surface area contributed by atoms with E-state index in [1.807, 2.05) is 37.3 Å². The summed E-state index contributed by atoms with van der Waals surface area (Å²) < 4.78 is 0. The number of aromatic amines is 1. The van der Waals surface area contributed by atoms with Crippen molar-refractivity contribution in [3.63, 3.8) is 0 Å². The summed E-state index contributed by atoms with van der Waals surface area (Å²) in [5.74, 6) is 0.548. The van der Waals surface area contributed by atoms with Crippen molar-refractivity contribution in [1.29, 1.82) is 0 Å². The minimum Gasteiger partial charge on any atom is -0.349 e. The zero-order chi connectivity index (χ0) is 14.9. The van der Waals surface area contributed by atoms with Gasteiger partial charge in [0, 0.05) is 31.8 Å². The summed E-state index contributed by atoms with van der Waals surface area (Å²) in [7, 11) is 0. The maximum atomic E-state index is 12.7. The van der Waals surface area contributed by atoms with Crippen LogP contribution >= 0.6 is 0 Å². The van der Waals surface area contributed by atoms with E-state index in [0.717, 1.165) is 11.4 Å². The number of likely N-dealkylation sites (tertiary alicyclic amines) is 1. The first-order valence-corrected chi connectivity index (χ1v) is 7.00. The van der Waals surface area contributed by atoms with Gasteiger partial charge >= 0.3 is 0 Å². The molecule has 0 aliphatic carbocycles. The number of hydrogen-bond acceptors (Lipinski definition) is 3. The zero-order valence-corrected chi connectivity index (χ0v) is 11.9. The highest BCUT2D eigenvalue weighted by Crippen LogP contribution is 2.36. The molecule has 1 aromatic heterocycles. The van der Waals surface area contributed by atoms with E-state index < -0.39 is 5.41 Å². The molecule has 3 rings (SSSR count). The number of imide groups is 1. The maximum absolute atomic E-state index is 12.7. The van der Waals surface area contributed by atoms with Gasteiger partial charge in [-0.1, -0.05) is 30.3 Å². The molecule has 1 aliphatic heterocycles. The number of carbonyl (C=O) groups is 2. The van der Waals surface area contributed by atoms with E-state index in [2.05, 4.69) is 9.97 Å². The molecule has 1 atom stereocenters. The second kappa shape index (κ2) is 5.16. The molecule has 0 bridgehead atoms. The van der Waals surface area contributed by atoms with Crippen molar-refractivity contribution in [3.05, 3.63) is 54.1 Å². The summed E-state index contributed by atoms with van der Waals surface area (Å²) in [5, 5.41) is 0. The molecule has 0 saturated carbocycles. The maximum Gasteiger partial charge on any atom is 0.240 e. The number of H-pyrrole nitrogens is 1. The van der Waals surface area contributed by atoms with Crippen molar-refractivity contribution in [2.75, 3.05) is 6.54 Å². The standard InChI is InChI=1S/C16H17N3O2/c1-16(12-5-3-2-4-6-12)11-14(20)19(15(16)21)10-7-13-17-8-9-18-13/h2-6,8-9H,7,10-11H2,1H3,(H,17,18). The fourth-order valence-corrected chi connectivity index (χ4v) is 2.79. The Hall–Kier alpha value is -2.43. The molecule has 1 aliphatic rings. The summed E-state index contributed by atoms with van der Waals surface area (Å²) in [6, 6.07) is 9.50. The molecule has 1 unspecified atom stereocenters. The van der Waals surface area contributed by atoms with Crippen LogP contribution in [0, 0.1) is 0 Å². The van der Waals surface area contributed by atoms with Gasteiger partial charge in [0.05, 0.1) is 5.41 Å². The molecule has 108 valence electrons. The predicted molar refractivity (Wildman–Crippen MR) is 77.4 cm³/mol. The fraction of sp³-hybridized carbons (Fsp3) is 0.312. The van der Waals surface area contributed by atoms with Crippen LogP contribution in [0.2, 0.25) is 0 Å². The monoisotopic (exact) mass is 283 g/mol. The summed E-state index contributed by atoms with van der Waals surface area (Å²) in [6.07, 6.45) is 4.18. The van der Waals surface area contributed by atoms with Crippen molar-refractivity contribution >= 4 is 11.8 Å². The van der Waals surface area contributed by atoms with E-state index in [4.69, 9.17) is 0 Å². The van der Waals surface area contributed by atoms with Crippen LogP contribution < -0.4 is 0 Å². The van der Waals surface area contributed by atoms with E-state index in [0.29, 0.717) is 13.0 Å². The largest absolute Gasteiger partial charge is 0.349 e. The number of hydrogen-bond donors (Lipinski definition) is 1. The first-order chi connectivity index (χ1) is 10.1. The quantitative estimate of drug-likeness (QED) is 0.868. The summed E-state index contributed by atoms with van der Waals surface area (Å²) >= 11 is 0. The molecule has 5 heteroatoms. The number of benzene rings is 1. The number of imidazole rings is 1. The SMILES string of the molecule is CC1(c2ccccc2)CC(=O)N(CCc2ncc[nH]2)C1=O. The third kappa shape index (κ3) is 2.35. The molecular formula is C16H17N3O2. The van der Waals surface area contributed by atoms with Gasteiger partial charge < -0.3 is 4.98 Å². The second-order valence-corrected chi connectivity index (χ2v) is 5.51. The van der Waals surface area contributed by atoms with Gasteiger partial charge in [-0.2, -0.15) is 0 Å². The van der Waals surface area contributed by atoms with Crippen LogP contribution in [0.15, 0.2) is 42.7 Å². The molecule has 1 aromatic carbocycles. The number of aromatic nitrogens is 2. The third-order valence-electron chi connectivity index (χ3n) is 4.06. The van der Waals surface area contributed by atoms with Crippen LogP contribution in [0.25, 0.3) is 0 Å². The van der Waals surface area contributed by atoms with Gasteiger partial charge in [-0.15, -0.1) is 0 Å². The van der Waals surface area contributed by atoms with Gasteiger partial charge in [-0.05, 0) is 12.5 Å². The smallest absolute Gasteiger partial charge is 0.240 e. The van der Waals surface area contributed by atoms with Crippen molar-refractivity contribution < 1.29 is 9.59 Å². The van der Waals surface area contributed by atoms with Gasteiger partial charge in [0.2, 0.25) is 11.8 Å². The zero-order valence-electron chi connectivity index (χ0n) is 11.9. The molecule has 5 nitrogen and oxygen atoms in total. The predicted octanol–water partition coefficient (Wildman–Crippen LogP) is 1.67. The van der Waals surface area contributed by atoms with E-state index in [-0.39, 0.29) is 18.2 Å². The van der Waals surface area contributed by atoms with Crippen molar-refractivity contribution in [2.24, 2.45) is 0 Å². The number of nitrogens with zero attached hydrogens (tertiary/aromatic N) is 2. The van der Waals surface area contributed by atoms with Gasteiger partial charge in [0.15, 0.2) is 0 Å². The van der Waals surface area contributed by atoms with Crippen molar-refractivity contribution in [2.45, 2.75) is 25.2 Å². The third-order valence-corrected chi connectivity index (χ3v) is 4.06. The topological polar surface area (TPSA) is 66.1 Å². The first kappa shape index (κ1) is 13.5. The summed E-state index contributed by atoms with van der Waals surface area (Å²) in [6.45, 7) is 2.21. The Morgan fingerprint density at radius 2 is 2.05 bits per heavy atom. The minimum atomic E-state index is -0.749. The lowest BCUT2D eigenvalue weighted by atomic mass is 9.81. The average molecular weight is 283 g/mol. The number of nitrogens with one attached hydrogen (secondary N) is 1. The minimum absolute atomic E-state index is 0.113. The molecule has 0 spiro atoms. The fourth-order valence-electron chi connectivity index (χ4n) is 2.79. The molecule has 21 heavy (non-hydrogen) atoms. The number of amides is 2. The Morgan fingerprint density at radius 3 is 2.71 bits per heavy atom. The Balaban J connectivity index is 1.79. The molecule has 2 heterocycles. The van der Waals surface area contributed by atoms with E-state index >= 15 is 0 Å². The lowest BCUT2D eigenvalue weighted by Gasteiger charge is -2.22. The Morgan fingerprint density at radius 1 is 1.29 bits per heavy atom. The molecular weight excluding hydrogens is 266 g/mol. The number of carbonyl (C=O) groups excluding carboxylic acids is 2. The van der Waals surface area contributed by atoms with Gasteiger partial charge in [0.25, 0.3) is 0 Å². The van der Waals surface area contributed by atoms with Crippen LogP contribution in [0.4, 0.5) is 0 Å². The van der Waals surface area contributed by atoms with Gasteiger partial charge in [-0.25, -0.2) is 4.98 Å². The van der Waals surface area contributed by atoms with E-state index in [9.17, 15) is 9.59 Å². The summed E-state index contributed by atoms with van der Waals surface area (Å²) in [4.78, 5) is 33.3.